The molecule has 0 radical (unpaired) electrons. The summed E-state index contributed by atoms with van der Waals surface area (Å²) < 4.78 is 39.9. The Labute approximate surface area is 189 Å². The molecule has 32 heavy (non-hydrogen) atoms. The van der Waals surface area contributed by atoms with Gasteiger partial charge in [0, 0.05) is 12.4 Å². The summed E-state index contributed by atoms with van der Waals surface area (Å²) in [6.07, 6.45) is 13.6. The van der Waals surface area contributed by atoms with E-state index < -0.39 is 11.6 Å². The van der Waals surface area contributed by atoms with Crippen molar-refractivity contribution in [1.29, 1.82) is 0 Å². The van der Waals surface area contributed by atoms with Crippen molar-refractivity contribution in [3.05, 3.63) is 41.7 Å². The fourth-order valence-corrected chi connectivity index (χ4v) is 5.33. The molecule has 2 aromatic rings. The second-order valence-corrected chi connectivity index (χ2v) is 9.21. The highest BCUT2D eigenvalue weighted by Crippen LogP contribution is 2.41. The van der Waals surface area contributed by atoms with Crippen LogP contribution < -0.4 is 4.74 Å². The predicted molar refractivity (Wildman–Crippen MR) is 121 cm³/mol. The third kappa shape index (κ3) is 5.11. The van der Waals surface area contributed by atoms with Crippen LogP contribution in [0.2, 0.25) is 0 Å². The zero-order valence-electron chi connectivity index (χ0n) is 19.2. The molecule has 4 nitrogen and oxygen atoms in total. The molecule has 0 bridgehead atoms. The van der Waals surface area contributed by atoms with E-state index in [4.69, 9.17) is 9.47 Å². The standard InChI is InChI=1S/C26H34F2N2O2/c1-3-5-21-11-10-19(16-32-21)17-6-8-18(9-7-17)20-14-29-26(30-15-20)22-12-13-23(31-4-2)25(28)24(22)27/h12-15,17-19,21H,3-11,16H2,1-2H3. The lowest BCUT2D eigenvalue weighted by atomic mass is 9.72. The summed E-state index contributed by atoms with van der Waals surface area (Å²) in [6.45, 7) is 5.14. The Morgan fingerprint density at radius 3 is 2.28 bits per heavy atom. The molecule has 0 spiro atoms. The van der Waals surface area contributed by atoms with E-state index in [9.17, 15) is 8.78 Å². The summed E-state index contributed by atoms with van der Waals surface area (Å²) in [5.41, 5.74) is 1.14. The molecule has 1 saturated carbocycles. The van der Waals surface area contributed by atoms with Crippen LogP contribution >= 0.6 is 0 Å². The lowest BCUT2D eigenvalue weighted by Crippen LogP contribution is -2.32. The second-order valence-electron chi connectivity index (χ2n) is 9.21. The van der Waals surface area contributed by atoms with E-state index in [2.05, 4.69) is 16.9 Å². The molecule has 0 amide bonds. The molecule has 2 atom stereocenters. The first-order valence-electron chi connectivity index (χ1n) is 12.1. The van der Waals surface area contributed by atoms with E-state index in [1.54, 1.807) is 19.3 Å². The van der Waals surface area contributed by atoms with Crippen LogP contribution in [-0.2, 0) is 4.74 Å². The SMILES string of the molecule is CCCC1CCC(C2CCC(c3cnc(-c4ccc(OCC)c(F)c4F)nc3)CC2)CO1. The normalized spacial score (nSPS) is 26.1. The predicted octanol–water partition coefficient (Wildman–Crippen LogP) is 6.69. The van der Waals surface area contributed by atoms with Gasteiger partial charge in [-0.2, -0.15) is 4.39 Å². The summed E-state index contributed by atoms with van der Waals surface area (Å²) in [4.78, 5) is 8.72. The summed E-state index contributed by atoms with van der Waals surface area (Å²) >= 11 is 0. The van der Waals surface area contributed by atoms with Crippen molar-refractivity contribution < 1.29 is 18.3 Å². The number of benzene rings is 1. The smallest absolute Gasteiger partial charge is 0.201 e. The maximum Gasteiger partial charge on any atom is 0.201 e. The molecule has 1 aliphatic carbocycles. The van der Waals surface area contributed by atoms with Crippen molar-refractivity contribution in [2.45, 2.75) is 77.2 Å². The van der Waals surface area contributed by atoms with Crippen LogP contribution in [0, 0.1) is 23.5 Å². The molecule has 1 aliphatic heterocycles. The van der Waals surface area contributed by atoms with Crippen LogP contribution in [0.15, 0.2) is 24.5 Å². The number of hydrogen-bond acceptors (Lipinski definition) is 4. The first-order valence-corrected chi connectivity index (χ1v) is 12.1. The highest BCUT2D eigenvalue weighted by atomic mass is 19.2. The summed E-state index contributed by atoms with van der Waals surface area (Å²) in [6, 6.07) is 2.90. The van der Waals surface area contributed by atoms with Gasteiger partial charge in [0.1, 0.15) is 0 Å². The van der Waals surface area contributed by atoms with E-state index in [-0.39, 0.29) is 23.7 Å². The third-order valence-electron chi connectivity index (χ3n) is 7.19. The molecule has 2 heterocycles. The van der Waals surface area contributed by atoms with Crippen molar-refractivity contribution in [3.8, 4) is 17.1 Å². The number of ether oxygens (including phenoxy) is 2. The minimum absolute atomic E-state index is 0.0555. The highest BCUT2D eigenvalue weighted by Gasteiger charge is 2.31. The average molecular weight is 445 g/mol. The number of halogens is 2. The maximum atomic E-state index is 14.5. The van der Waals surface area contributed by atoms with Crippen molar-refractivity contribution in [2.24, 2.45) is 11.8 Å². The van der Waals surface area contributed by atoms with E-state index in [1.807, 2.05) is 0 Å². The van der Waals surface area contributed by atoms with Gasteiger partial charge >= 0.3 is 0 Å². The van der Waals surface area contributed by atoms with E-state index in [1.165, 1.54) is 50.7 Å². The first kappa shape index (κ1) is 23.1. The lowest BCUT2D eigenvalue weighted by molar-refractivity contribution is -0.0408. The molecule has 1 saturated heterocycles. The van der Waals surface area contributed by atoms with Crippen molar-refractivity contribution in [1.82, 2.24) is 9.97 Å². The Kier molecular flexibility index (Phi) is 7.71. The van der Waals surface area contributed by atoms with Crippen LogP contribution in [0.25, 0.3) is 11.4 Å². The Hall–Kier alpha value is -2.08. The monoisotopic (exact) mass is 444 g/mol. The van der Waals surface area contributed by atoms with Crippen molar-refractivity contribution in [3.63, 3.8) is 0 Å². The summed E-state index contributed by atoms with van der Waals surface area (Å²) in [5.74, 6) is 0.00659. The van der Waals surface area contributed by atoms with Gasteiger partial charge in [0.2, 0.25) is 5.82 Å². The van der Waals surface area contributed by atoms with Gasteiger partial charge in [-0.15, -0.1) is 0 Å². The van der Waals surface area contributed by atoms with Crippen LogP contribution in [0.3, 0.4) is 0 Å². The van der Waals surface area contributed by atoms with Gasteiger partial charge in [-0.1, -0.05) is 13.3 Å². The number of nitrogens with zero attached hydrogens (tertiary/aromatic N) is 2. The number of rotatable bonds is 7. The van der Waals surface area contributed by atoms with Crippen molar-refractivity contribution in [2.75, 3.05) is 13.2 Å². The highest BCUT2D eigenvalue weighted by molar-refractivity contribution is 5.57. The summed E-state index contributed by atoms with van der Waals surface area (Å²) in [7, 11) is 0. The molecule has 0 N–H and O–H groups in total. The quantitative estimate of drug-likeness (QED) is 0.477. The number of aromatic nitrogens is 2. The molecule has 2 aliphatic rings. The van der Waals surface area contributed by atoms with Gasteiger partial charge in [0.15, 0.2) is 17.4 Å². The Morgan fingerprint density at radius 2 is 1.66 bits per heavy atom. The second kappa shape index (κ2) is 10.7. The first-order chi connectivity index (χ1) is 15.6. The molecule has 2 unspecified atom stereocenters. The Morgan fingerprint density at radius 1 is 0.938 bits per heavy atom. The molecule has 6 heteroatoms. The van der Waals surface area contributed by atoms with Crippen molar-refractivity contribution >= 4 is 0 Å². The molecule has 174 valence electrons. The summed E-state index contributed by atoms with van der Waals surface area (Å²) in [5, 5.41) is 0. The van der Waals surface area contributed by atoms with Crippen LogP contribution in [0.5, 0.6) is 5.75 Å². The van der Waals surface area contributed by atoms with Crippen LogP contribution in [0.4, 0.5) is 8.78 Å². The Balaban J connectivity index is 1.34. The zero-order chi connectivity index (χ0) is 22.5. The Bertz CT molecular complexity index is 874. The average Bonchev–Trinajstić information content (AvgIpc) is 2.83. The molecule has 1 aromatic heterocycles. The van der Waals surface area contributed by atoms with Crippen LogP contribution in [0.1, 0.15) is 76.7 Å². The van der Waals surface area contributed by atoms with Gasteiger partial charge in [0.25, 0.3) is 0 Å². The molecule has 1 aromatic carbocycles. The maximum absolute atomic E-state index is 14.5. The van der Waals surface area contributed by atoms with Gasteiger partial charge in [-0.25, -0.2) is 14.4 Å². The van der Waals surface area contributed by atoms with Gasteiger partial charge in [0.05, 0.1) is 24.9 Å². The molecular weight excluding hydrogens is 410 g/mol. The molecule has 2 fully saturated rings. The lowest BCUT2D eigenvalue weighted by Gasteiger charge is -2.37. The fourth-order valence-electron chi connectivity index (χ4n) is 5.33. The van der Waals surface area contributed by atoms with E-state index >= 15 is 0 Å². The minimum Gasteiger partial charge on any atom is -0.491 e. The zero-order valence-corrected chi connectivity index (χ0v) is 19.2. The van der Waals surface area contributed by atoms with Gasteiger partial charge in [-0.3, -0.25) is 0 Å². The third-order valence-corrected chi connectivity index (χ3v) is 7.19. The van der Waals surface area contributed by atoms with Crippen LogP contribution in [-0.4, -0.2) is 29.3 Å². The van der Waals surface area contributed by atoms with Gasteiger partial charge < -0.3 is 9.47 Å². The minimum atomic E-state index is -0.997. The molecule has 4 rings (SSSR count). The fraction of sp³-hybridized carbons (Fsp3) is 0.615. The van der Waals surface area contributed by atoms with Gasteiger partial charge in [-0.05, 0) is 87.3 Å². The number of hydrogen-bond donors (Lipinski definition) is 0. The topological polar surface area (TPSA) is 44.2 Å². The van der Waals surface area contributed by atoms with E-state index in [0.717, 1.165) is 30.9 Å². The van der Waals surface area contributed by atoms with E-state index in [0.29, 0.717) is 17.9 Å². The molecular formula is C26H34F2N2O2. The largest absolute Gasteiger partial charge is 0.491 e.